The van der Waals surface area contributed by atoms with Crippen LogP contribution < -0.4 is 0 Å². The van der Waals surface area contributed by atoms with Crippen molar-refractivity contribution in [1.29, 1.82) is 0 Å². The molecular formula is C11H10N2O2S. The molecule has 0 atom stereocenters. The highest BCUT2D eigenvalue weighted by molar-refractivity contribution is 7.16. The summed E-state index contributed by atoms with van der Waals surface area (Å²) in [7, 11) is 0. The Morgan fingerprint density at radius 1 is 1.50 bits per heavy atom. The van der Waals surface area contributed by atoms with Crippen LogP contribution in [-0.4, -0.2) is 40.1 Å². The number of nitrogens with zero attached hydrogens (tertiary/aromatic N) is 2. The standard InChI is InChI=1S/C11H10N2O2S/c14-8-4-13(5-8)11(15)7-1-2-9-10(3-7)16-6-12-9/h1-3,6,8,14H,4-5H2. The maximum absolute atomic E-state index is 11.9. The summed E-state index contributed by atoms with van der Waals surface area (Å²) < 4.78 is 1.02. The van der Waals surface area contributed by atoms with Crippen molar-refractivity contribution in [2.75, 3.05) is 13.1 Å². The molecule has 0 spiro atoms. The van der Waals surface area contributed by atoms with Crippen molar-refractivity contribution in [2.24, 2.45) is 0 Å². The topological polar surface area (TPSA) is 53.4 Å². The van der Waals surface area contributed by atoms with Crippen LogP contribution in [0.3, 0.4) is 0 Å². The molecule has 1 saturated heterocycles. The molecular weight excluding hydrogens is 224 g/mol. The number of carbonyl (C=O) groups is 1. The van der Waals surface area contributed by atoms with E-state index < -0.39 is 0 Å². The summed E-state index contributed by atoms with van der Waals surface area (Å²) in [6, 6.07) is 5.50. The van der Waals surface area contributed by atoms with Gasteiger partial charge in [0.05, 0.1) is 21.8 Å². The minimum Gasteiger partial charge on any atom is -0.389 e. The third kappa shape index (κ3) is 1.48. The number of β-amino-alcohol motifs (C(OH)–C–C–N with tert-alkyl or cyclic N) is 1. The zero-order valence-corrected chi connectivity index (χ0v) is 9.28. The highest BCUT2D eigenvalue weighted by Crippen LogP contribution is 2.21. The first kappa shape index (κ1) is 9.74. The molecule has 2 aromatic rings. The lowest BCUT2D eigenvalue weighted by Gasteiger charge is -2.35. The van der Waals surface area contributed by atoms with Gasteiger partial charge in [0.15, 0.2) is 0 Å². The van der Waals surface area contributed by atoms with Crippen molar-refractivity contribution >= 4 is 27.5 Å². The van der Waals surface area contributed by atoms with Crippen molar-refractivity contribution in [1.82, 2.24) is 9.88 Å². The normalized spacial score (nSPS) is 16.4. The van der Waals surface area contributed by atoms with Gasteiger partial charge in [0, 0.05) is 18.7 Å². The number of amides is 1. The number of thiazole rings is 1. The van der Waals surface area contributed by atoms with Gasteiger partial charge in [-0.15, -0.1) is 11.3 Å². The largest absolute Gasteiger partial charge is 0.389 e. The summed E-state index contributed by atoms with van der Waals surface area (Å²) in [5.74, 6) is -0.0133. The molecule has 0 aliphatic carbocycles. The summed E-state index contributed by atoms with van der Waals surface area (Å²) in [5.41, 5.74) is 3.36. The predicted octanol–water partition coefficient (Wildman–Crippen LogP) is 1.11. The van der Waals surface area contributed by atoms with Crippen LogP contribution in [0.4, 0.5) is 0 Å². The fourth-order valence-electron chi connectivity index (χ4n) is 1.79. The van der Waals surface area contributed by atoms with Crippen LogP contribution in [0.1, 0.15) is 10.4 Å². The monoisotopic (exact) mass is 234 g/mol. The number of aliphatic hydroxyl groups is 1. The van der Waals surface area contributed by atoms with E-state index in [1.54, 1.807) is 16.5 Å². The van der Waals surface area contributed by atoms with Crippen molar-refractivity contribution in [3.8, 4) is 0 Å². The first-order valence-corrected chi connectivity index (χ1v) is 5.92. The molecule has 3 rings (SSSR count). The van der Waals surface area contributed by atoms with Crippen LogP contribution in [0, 0.1) is 0 Å². The van der Waals surface area contributed by atoms with Crippen LogP contribution in [-0.2, 0) is 0 Å². The second-order valence-electron chi connectivity index (χ2n) is 3.90. The number of aromatic nitrogens is 1. The zero-order chi connectivity index (χ0) is 11.1. The van der Waals surface area contributed by atoms with E-state index in [0.29, 0.717) is 18.7 Å². The molecule has 82 valence electrons. The third-order valence-corrected chi connectivity index (χ3v) is 3.52. The maximum Gasteiger partial charge on any atom is 0.254 e. The van der Waals surface area contributed by atoms with Crippen molar-refractivity contribution < 1.29 is 9.90 Å². The first-order valence-electron chi connectivity index (χ1n) is 5.04. The Morgan fingerprint density at radius 2 is 2.31 bits per heavy atom. The van der Waals surface area contributed by atoms with Crippen molar-refractivity contribution in [3.63, 3.8) is 0 Å². The van der Waals surface area contributed by atoms with Crippen molar-refractivity contribution in [2.45, 2.75) is 6.10 Å². The molecule has 1 amide bonds. The summed E-state index contributed by atoms with van der Waals surface area (Å²) in [5, 5.41) is 9.15. The minimum atomic E-state index is -0.351. The van der Waals surface area contributed by atoms with E-state index in [4.69, 9.17) is 5.11 Å². The molecule has 1 aliphatic rings. The highest BCUT2D eigenvalue weighted by atomic mass is 32.1. The van der Waals surface area contributed by atoms with E-state index in [1.165, 1.54) is 11.3 Å². The fraction of sp³-hybridized carbons (Fsp3) is 0.273. The number of aliphatic hydroxyl groups excluding tert-OH is 1. The summed E-state index contributed by atoms with van der Waals surface area (Å²) in [6.45, 7) is 0.888. The Morgan fingerprint density at radius 3 is 3.06 bits per heavy atom. The van der Waals surface area contributed by atoms with Gasteiger partial charge < -0.3 is 10.0 Å². The van der Waals surface area contributed by atoms with E-state index >= 15 is 0 Å². The number of hydrogen-bond donors (Lipinski definition) is 1. The predicted molar refractivity (Wildman–Crippen MR) is 61.5 cm³/mol. The minimum absolute atomic E-state index is 0.0133. The first-order chi connectivity index (χ1) is 7.74. The van der Waals surface area contributed by atoms with Gasteiger partial charge in [-0.05, 0) is 18.2 Å². The lowest BCUT2D eigenvalue weighted by atomic mass is 10.1. The summed E-state index contributed by atoms with van der Waals surface area (Å²) in [4.78, 5) is 17.7. The molecule has 0 bridgehead atoms. The molecule has 0 radical (unpaired) electrons. The Labute approximate surface area is 96.1 Å². The van der Waals surface area contributed by atoms with Crippen LogP contribution >= 0.6 is 11.3 Å². The Kier molecular flexibility index (Phi) is 2.15. The molecule has 16 heavy (non-hydrogen) atoms. The number of fused-ring (bicyclic) bond motifs is 1. The van der Waals surface area contributed by atoms with Crippen LogP contribution in [0.2, 0.25) is 0 Å². The van der Waals surface area contributed by atoms with E-state index in [9.17, 15) is 4.79 Å². The maximum atomic E-state index is 11.9. The molecule has 1 N–H and O–H groups in total. The van der Waals surface area contributed by atoms with Gasteiger partial charge in [-0.25, -0.2) is 4.98 Å². The number of carbonyl (C=O) groups excluding carboxylic acids is 1. The number of hydrogen-bond acceptors (Lipinski definition) is 4. The zero-order valence-electron chi connectivity index (χ0n) is 8.46. The van der Waals surface area contributed by atoms with Crippen LogP contribution in [0.25, 0.3) is 10.2 Å². The highest BCUT2D eigenvalue weighted by Gasteiger charge is 2.29. The molecule has 5 heteroatoms. The SMILES string of the molecule is O=C(c1ccc2ncsc2c1)N1CC(O)C1. The van der Waals surface area contributed by atoms with Crippen LogP contribution in [0.15, 0.2) is 23.7 Å². The summed E-state index contributed by atoms with van der Waals surface area (Å²) >= 11 is 1.53. The molecule has 2 heterocycles. The van der Waals surface area contributed by atoms with Gasteiger partial charge in [-0.3, -0.25) is 4.79 Å². The summed E-state index contributed by atoms with van der Waals surface area (Å²) in [6.07, 6.45) is -0.351. The lowest BCUT2D eigenvalue weighted by molar-refractivity contribution is 0.00591. The smallest absolute Gasteiger partial charge is 0.254 e. The molecule has 0 unspecified atom stereocenters. The van der Waals surface area contributed by atoms with E-state index in [0.717, 1.165) is 10.2 Å². The quantitative estimate of drug-likeness (QED) is 0.804. The van der Waals surface area contributed by atoms with Gasteiger partial charge in [0.1, 0.15) is 0 Å². The van der Waals surface area contributed by atoms with E-state index in [2.05, 4.69) is 4.98 Å². The number of likely N-dealkylation sites (tertiary alicyclic amines) is 1. The van der Waals surface area contributed by atoms with Gasteiger partial charge in [-0.2, -0.15) is 0 Å². The van der Waals surface area contributed by atoms with Gasteiger partial charge >= 0.3 is 0 Å². The fourth-order valence-corrected chi connectivity index (χ4v) is 2.51. The molecule has 1 aromatic heterocycles. The Hall–Kier alpha value is -1.46. The van der Waals surface area contributed by atoms with E-state index in [1.807, 2.05) is 12.1 Å². The van der Waals surface area contributed by atoms with Gasteiger partial charge in [0.2, 0.25) is 0 Å². The molecule has 1 aliphatic heterocycles. The average molecular weight is 234 g/mol. The molecule has 1 fully saturated rings. The number of rotatable bonds is 1. The molecule has 1 aromatic carbocycles. The second kappa shape index (κ2) is 3.54. The van der Waals surface area contributed by atoms with Crippen molar-refractivity contribution in [3.05, 3.63) is 29.3 Å². The van der Waals surface area contributed by atoms with E-state index in [-0.39, 0.29) is 12.0 Å². The second-order valence-corrected chi connectivity index (χ2v) is 4.79. The lowest BCUT2D eigenvalue weighted by Crippen LogP contribution is -2.53. The third-order valence-electron chi connectivity index (χ3n) is 2.73. The molecule has 0 saturated carbocycles. The Bertz CT molecular complexity index is 546. The Balaban J connectivity index is 1.90. The van der Waals surface area contributed by atoms with Crippen LogP contribution in [0.5, 0.6) is 0 Å². The van der Waals surface area contributed by atoms with Gasteiger partial charge in [0.25, 0.3) is 5.91 Å². The van der Waals surface area contributed by atoms with Gasteiger partial charge in [-0.1, -0.05) is 0 Å². The number of benzene rings is 1. The molecule has 4 nitrogen and oxygen atoms in total. The average Bonchev–Trinajstić information content (AvgIpc) is 2.70.